The maximum absolute atomic E-state index is 13.4. The summed E-state index contributed by atoms with van der Waals surface area (Å²) in [7, 11) is -1.74. The number of anilines is 1. The molecule has 0 bridgehead atoms. The number of hydrogen-bond donors (Lipinski definition) is 1. The highest BCUT2D eigenvalue weighted by Crippen LogP contribution is 2.27. The number of rotatable bonds is 8. The van der Waals surface area contributed by atoms with Crippen LogP contribution in [0, 0.1) is 5.92 Å². The molecule has 36 heavy (non-hydrogen) atoms. The average molecular weight is 489 g/mol. The molecule has 1 heterocycles. The minimum Gasteiger partial charge on any atom is -0.324 e. The molecule has 0 saturated carbocycles. The van der Waals surface area contributed by atoms with Crippen LogP contribution < -0.4 is 10.5 Å². The number of nitrogens with zero attached hydrogens (tertiary/aromatic N) is 1. The van der Waals surface area contributed by atoms with Crippen molar-refractivity contribution < 1.29 is 4.79 Å². The monoisotopic (exact) mass is 488 g/mol. The van der Waals surface area contributed by atoms with E-state index < -0.39 is 8.07 Å². The minimum atomic E-state index is -1.74. The molecule has 3 nitrogen and oxygen atoms in total. The molecule has 1 N–H and O–H groups in total. The van der Waals surface area contributed by atoms with Crippen LogP contribution in [0.4, 0.5) is 5.69 Å². The molecule has 0 spiro atoms. The first-order valence-corrected chi connectivity index (χ1v) is 15.9. The molecular weight excluding hydrogens is 456 g/mol. The fourth-order valence-corrected chi connectivity index (χ4v) is 8.38. The summed E-state index contributed by atoms with van der Waals surface area (Å²) in [5.41, 5.74) is 2.90. The molecule has 0 aliphatic heterocycles. The molecule has 4 aromatic carbocycles. The van der Waals surface area contributed by atoms with Crippen molar-refractivity contribution in [2.24, 2.45) is 5.92 Å². The van der Waals surface area contributed by atoms with Crippen LogP contribution in [-0.2, 0) is 11.2 Å². The number of benzene rings is 4. The third kappa shape index (κ3) is 5.55. The third-order valence-electron chi connectivity index (χ3n) is 7.07. The fraction of sp³-hybridized carbons (Fsp3) is 0.188. The Kier molecular flexibility index (Phi) is 6.96. The highest BCUT2D eigenvalue weighted by Gasteiger charge is 2.29. The van der Waals surface area contributed by atoms with E-state index in [1.807, 2.05) is 30.3 Å². The van der Waals surface area contributed by atoms with Gasteiger partial charge in [-0.25, -0.2) is 0 Å². The van der Waals surface area contributed by atoms with Crippen LogP contribution in [0.15, 0.2) is 109 Å². The number of para-hydroxylation sites is 1. The lowest BCUT2D eigenvalue weighted by molar-refractivity contribution is -0.116. The van der Waals surface area contributed by atoms with Gasteiger partial charge in [0.05, 0.1) is 19.3 Å². The summed E-state index contributed by atoms with van der Waals surface area (Å²) in [4.78, 5) is 17.9. The number of pyridine rings is 1. The fourth-order valence-electron chi connectivity index (χ4n) is 5.31. The van der Waals surface area contributed by atoms with Crippen LogP contribution in [-0.4, -0.2) is 19.0 Å². The second-order valence-corrected chi connectivity index (χ2v) is 15.1. The summed E-state index contributed by atoms with van der Waals surface area (Å²) in [5, 5.41) is 8.13. The van der Waals surface area contributed by atoms with Gasteiger partial charge in [0.15, 0.2) is 0 Å². The van der Waals surface area contributed by atoms with Gasteiger partial charge in [0.2, 0.25) is 5.91 Å². The molecule has 1 aromatic heterocycles. The number of carbonyl (C=O) groups excluding carboxylic acids is 1. The molecule has 5 aromatic rings. The van der Waals surface area contributed by atoms with Crippen molar-refractivity contribution in [3.63, 3.8) is 0 Å². The molecule has 0 aliphatic carbocycles. The van der Waals surface area contributed by atoms with Crippen molar-refractivity contribution in [2.45, 2.75) is 32.0 Å². The zero-order chi connectivity index (χ0) is 25.0. The summed E-state index contributed by atoms with van der Waals surface area (Å²) in [6.45, 7) is 4.84. The van der Waals surface area contributed by atoms with E-state index in [9.17, 15) is 4.79 Å². The van der Waals surface area contributed by atoms with Crippen LogP contribution in [0.3, 0.4) is 0 Å². The Hall–Kier alpha value is -3.76. The first kappa shape index (κ1) is 24.0. The lowest BCUT2D eigenvalue weighted by Crippen LogP contribution is -2.43. The summed E-state index contributed by atoms with van der Waals surface area (Å²) < 4.78 is 0. The first-order chi connectivity index (χ1) is 17.5. The summed E-state index contributed by atoms with van der Waals surface area (Å²) >= 11 is 0. The second-order valence-electron chi connectivity index (χ2n) is 10.3. The van der Waals surface area contributed by atoms with E-state index in [0.717, 1.165) is 29.1 Å². The normalized spacial score (nSPS) is 12.5. The number of nitrogens with one attached hydrogen (secondary N) is 1. The van der Waals surface area contributed by atoms with Crippen LogP contribution in [0.5, 0.6) is 0 Å². The van der Waals surface area contributed by atoms with Gasteiger partial charge in [0.25, 0.3) is 0 Å². The van der Waals surface area contributed by atoms with Gasteiger partial charge >= 0.3 is 0 Å². The Morgan fingerprint density at radius 2 is 1.53 bits per heavy atom. The largest absolute Gasteiger partial charge is 0.324 e. The van der Waals surface area contributed by atoms with Crippen LogP contribution in [0.25, 0.3) is 21.7 Å². The van der Waals surface area contributed by atoms with Crippen molar-refractivity contribution in [3.8, 4) is 0 Å². The molecule has 1 unspecified atom stereocenters. The quantitative estimate of drug-likeness (QED) is 0.235. The molecule has 1 amide bonds. The van der Waals surface area contributed by atoms with Gasteiger partial charge in [-0.1, -0.05) is 109 Å². The molecule has 0 fully saturated rings. The summed E-state index contributed by atoms with van der Waals surface area (Å²) in [6.07, 6.45) is 3.14. The number of fused-ring (bicyclic) bond motifs is 2. The Morgan fingerprint density at radius 3 is 2.36 bits per heavy atom. The lowest BCUT2D eigenvalue weighted by Gasteiger charge is -2.29. The van der Waals surface area contributed by atoms with E-state index in [1.54, 1.807) is 6.20 Å². The molecule has 5 rings (SSSR count). The maximum Gasteiger partial charge on any atom is 0.224 e. The Bertz CT molecular complexity index is 1490. The molecule has 4 heteroatoms. The predicted octanol–water partition coefficient (Wildman–Crippen LogP) is 7.19. The standard InChI is InChI=1S/C32H32N2OSi/c1-36(2,29-14-4-3-5-15-29)23-25(20-24-17-18-26-10-6-7-11-28(26)21-24)22-31(35)34-30-16-8-12-27-13-9-19-33-32(27)30/h3-19,21,25H,20,22-23H2,1-2H3,(H,34,35). The smallest absolute Gasteiger partial charge is 0.224 e. The Morgan fingerprint density at radius 1 is 0.806 bits per heavy atom. The van der Waals surface area contributed by atoms with Crippen molar-refractivity contribution in [3.05, 3.63) is 115 Å². The molecule has 0 aliphatic rings. The van der Waals surface area contributed by atoms with Gasteiger partial charge < -0.3 is 5.32 Å². The van der Waals surface area contributed by atoms with E-state index >= 15 is 0 Å². The van der Waals surface area contributed by atoms with Gasteiger partial charge in [0, 0.05) is 18.0 Å². The van der Waals surface area contributed by atoms with E-state index in [0.29, 0.717) is 6.42 Å². The van der Waals surface area contributed by atoms with Gasteiger partial charge in [0.1, 0.15) is 0 Å². The molecule has 0 radical (unpaired) electrons. The van der Waals surface area contributed by atoms with Gasteiger partial charge in [-0.2, -0.15) is 0 Å². The number of carbonyl (C=O) groups is 1. The first-order valence-electron chi connectivity index (χ1n) is 12.6. The second kappa shape index (κ2) is 10.5. The van der Waals surface area contributed by atoms with Crippen LogP contribution in [0.2, 0.25) is 19.1 Å². The van der Waals surface area contributed by atoms with Gasteiger partial charge in [-0.05, 0) is 46.9 Å². The average Bonchev–Trinajstić information content (AvgIpc) is 2.89. The molecule has 180 valence electrons. The van der Waals surface area contributed by atoms with Gasteiger partial charge in [-0.3, -0.25) is 9.78 Å². The third-order valence-corrected chi connectivity index (χ3v) is 10.6. The summed E-state index contributed by atoms with van der Waals surface area (Å²) in [5.74, 6) is 0.299. The van der Waals surface area contributed by atoms with Crippen molar-refractivity contribution in [1.29, 1.82) is 0 Å². The highest BCUT2D eigenvalue weighted by atomic mass is 28.3. The Labute approximate surface area is 214 Å². The van der Waals surface area contributed by atoms with E-state index in [-0.39, 0.29) is 11.8 Å². The van der Waals surface area contributed by atoms with Crippen molar-refractivity contribution in [2.75, 3.05) is 5.32 Å². The molecule has 1 atom stereocenters. The van der Waals surface area contributed by atoms with Crippen LogP contribution >= 0.6 is 0 Å². The topological polar surface area (TPSA) is 42.0 Å². The van der Waals surface area contributed by atoms with Crippen LogP contribution in [0.1, 0.15) is 12.0 Å². The van der Waals surface area contributed by atoms with E-state index in [1.165, 1.54) is 21.5 Å². The van der Waals surface area contributed by atoms with E-state index in [4.69, 9.17) is 0 Å². The molecule has 0 saturated heterocycles. The number of aromatic nitrogens is 1. The zero-order valence-corrected chi connectivity index (χ0v) is 21.9. The van der Waals surface area contributed by atoms with Crippen molar-refractivity contribution in [1.82, 2.24) is 4.98 Å². The Balaban J connectivity index is 1.39. The highest BCUT2D eigenvalue weighted by molar-refractivity contribution is 6.89. The number of hydrogen-bond acceptors (Lipinski definition) is 2. The predicted molar refractivity (Wildman–Crippen MR) is 154 cm³/mol. The zero-order valence-electron chi connectivity index (χ0n) is 20.9. The minimum absolute atomic E-state index is 0.0526. The van der Waals surface area contributed by atoms with Crippen molar-refractivity contribution >= 4 is 46.5 Å². The number of amides is 1. The van der Waals surface area contributed by atoms with E-state index in [2.05, 4.69) is 96.2 Å². The lowest BCUT2D eigenvalue weighted by atomic mass is 9.95. The maximum atomic E-state index is 13.4. The molecular formula is C32H32N2OSi. The van der Waals surface area contributed by atoms with Gasteiger partial charge in [-0.15, -0.1) is 0 Å². The SMILES string of the molecule is C[Si](C)(CC(CC(=O)Nc1cccc2cccnc12)Cc1ccc2ccccc2c1)c1ccccc1. The summed E-state index contributed by atoms with van der Waals surface area (Å²) in [6, 6.07) is 36.9.